The number of nitrogens with zero attached hydrogens (tertiary/aromatic N) is 3. The largest absolute Gasteiger partial charge is 0.496 e. The number of benzene rings is 3. The van der Waals surface area contributed by atoms with Gasteiger partial charge in [0.05, 0.1) is 25.3 Å². The quantitative estimate of drug-likeness (QED) is 0.152. The van der Waals surface area contributed by atoms with Gasteiger partial charge >= 0.3 is 5.97 Å². The van der Waals surface area contributed by atoms with Crippen LogP contribution in [-0.2, 0) is 42.6 Å². The summed E-state index contributed by atoms with van der Waals surface area (Å²) in [6, 6.07) is 14.0. The zero-order valence-electron chi connectivity index (χ0n) is 30.3. The fourth-order valence-corrected chi connectivity index (χ4v) is 7.75. The van der Waals surface area contributed by atoms with Crippen molar-refractivity contribution in [1.82, 2.24) is 19.9 Å². The highest BCUT2D eigenvalue weighted by molar-refractivity contribution is 6.32. The minimum Gasteiger partial charge on any atom is -0.496 e. The second-order valence-electron chi connectivity index (χ2n) is 14.2. The number of nitrogens with one attached hydrogen (secondary N) is 2. The number of halogens is 2. The maximum atomic E-state index is 15.6. The molecule has 1 unspecified atom stereocenters. The van der Waals surface area contributed by atoms with Crippen molar-refractivity contribution < 1.29 is 28.3 Å². The molecule has 1 aromatic heterocycles. The Balaban J connectivity index is 1.08. The van der Waals surface area contributed by atoms with Gasteiger partial charge in [0, 0.05) is 55.6 Å². The molecule has 0 saturated heterocycles. The minimum atomic E-state index is -0.701. The summed E-state index contributed by atoms with van der Waals surface area (Å²) in [5.74, 6) is -0.588. The Morgan fingerprint density at radius 1 is 1.08 bits per heavy atom. The molecule has 3 aromatic carbocycles. The van der Waals surface area contributed by atoms with Crippen molar-refractivity contribution in [2.45, 2.75) is 84.5 Å². The molecular formula is C40H45ClFN5O5. The molecule has 10 nitrogen and oxygen atoms in total. The number of amides is 1. The predicted octanol–water partition coefficient (Wildman–Crippen LogP) is 7.63. The number of ether oxygens (including phenoxy) is 2. The number of rotatable bonds is 11. The van der Waals surface area contributed by atoms with Crippen molar-refractivity contribution in [3.05, 3.63) is 92.8 Å². The van der Waals surface area contributed by atoms with Crippen molar-refractivity contribution in [2.75, 3.05) is 19.0 Å². The summed E-state index contributed by atoms with van der Waals surface area (Å²) >= 11 is 6.53. The average molecular weight is 730 g/mol. The minimum absolute atomic E-state index is 0.108. The fraction of sp³-hybridized carbons (Fsp3) is 0.425. The van der Waals surface area contributed by atoms with Crippen LogP contribution in [0.4, 0.5) is 10.1 Å². The van der Waals surface area contributed by atoms with E-state index in [4.69, 9.17) is 30.9 Å². The van der Waals surface area contributed by atoms with Crippen molar-refractivity contribution >= 4 is 29.2 Å². The van der Waals surface area contributed by atoms with E-state index in [1.807, 2.05) is 42.8 Å². The summed E-state index contributed by atoms with van der Waals surface area (Å²) in [6.45, 7) is 7.95. The number of hydrogen-bond donors (Lipinski definition) is 2. The second-order valence-corrected chi connectivity index (χ2v) is 14.6. The number of fused-ring (bicyclic) bond motifs is 2. The smallest absolute Gasteiger partial charge is 0.327 e. The number of anilines is 1. The molecule has 0 spiro atoms. The molecule has 1 atom stereocenters. The summed E-state index contributed by atoms with van der Waals surface area (Å²) in [4.78, 5) is 38.0. The van der Waals surface area contributed by atoms with Gasteiger partial charge in [0.1, 0.15) is 22.6 Å². The monoisotopic (exact) mass is 729 g/mol. The van der Waals surface area contributed by atoms with Crippen molar-refractivity contribution in [1.29, 1.82) is 0 Å². The van der Waals surface area contributed by atoms with E-state index in [0.29, 0.717) is 18.3 Å². The Kier molecular flexibility index (Phi) is 10.3. The van der Waals surface area contributed by atoms with Gasteiger partial charge in [0.2, 0.25) is 0 Å². The van der Waals surface area contributed by atoms with Crippen LogP contribution in [0.2, 0.25) is 5.02 Å². The van der Waals surface area contributed by atoms with E-state index < -0.39 is 5.82 Å². The Labute approximate surface area is 308 Å². The molecule has 2 heterocycles. The molecule has 274 valence electrons. The number of hydrogen-bond acceptors (Lipinski definition) is 8. The van der Waals surface area contributed by atoms with E-state index in [0.717, 1.165) is 90.1 Å². The lowest BCUT2D eigenvalue weighted by Gasteiger charge is -2.29. The Hall–Kier alpha value is -4.45. The van der Waals surface area contributed by atoms with Crippen LogP contribution in [0.15, 0.2) is 42.5 Å². The molecule has 7 rings (SSSR count). The van der Waals surface area contributed by atoms with Gasteiger partial charge in [-0.2, -0.15) is 0 Å². The van der Waals surface area contributed by atoms with Gasteiger partial charge in [0.15, 0.2) is 11.6 Å². The highest BCUT2D eigenvalue weighted by atomic mass is 35.5. The number of methoxy groups -OCH3 is 1. The molecular weight excluding hydrogens is 685 g/mol. The fourth-order valence-electron chi connectivity index (χ4n) is 7.54. The third-order valence-electron chi connectivity index (χ3n) is 10.9. The normalized spacial score (nSPS) is 17.0. The zero-order valence-corrected chi connectivity index (χ0v) is 31.0. The van der Waals surface area contributed by atoms with Gasteiger partial charge in [-0.15, -0.1) is 5.48 Å². The maximum absolute atomic E-state index is 15.6. The summed E-state index contributed by atoms with van der Waals surface area (Å²) in [5.41, 5.74) is 10.6. The Morgan fingerprint density at radius 3 is 2.58 bits per heavy atom. The zero-order chi connectivity index (χ0) is 36.7. The van der Waals surface area contributed by atoms with Gasteiger partial charge < -0.3 is 24.2 Å². The lowest BCUT2D eigenvalue weighted by Crippen LogP contribution is -2.36. The first kappa shape index (κ1) is 35.9. The SMILES string of the molecule is COc1cc(OC2CCc3c(-c4cccc(NC(=O)c5nc6c(n5C)CCN(C(C)C)C6)c4C)cccc32)c(Cl)c(F)c1CNOC(=O)C1CCC1. The standard InChI is InChI=1S/C40H45ClFN5O5/c1-22(2)47-18-17-32-31(21-47)44-38(46(32)4)39(48)45-30-14-8-11-25(23(30)3)26-12-7-13-28-27(26)15-16-33(28)51-35-19-34(50-5)29(37(42)36(35)41)20-43-52-40(49)24-9-6-10-24/h7-8,11-14,19,22,24,33,43H,6,9-10,15-18,20-21H2,1-5H3,(H,45,48). The van der Waals surface area contributed by atoms with Gasteiger partial charge in [-0.3, -0.25) is 14.5 Å². The third-order valence-corrected chi connectivity index (χ3v) is 11.2. The van der Waals surface area contributed by atoms with E-state index in [9.17, 15) is 9.59 Å². The first-order chi connectivity index (χ1) is 25.0. The molecule has 2 aliphatic carbocycles. The third kappa shape index (κ3) is 6.77. The molecule has 0 bridgehead atoms. The maximum Gasteiger partial charge on any atom is 0.327 e. The lowest BCUT2D eigenvalue weighted by molar-refractivity contribution is -0.159. The summed E-state index contributed by atoms with van der Waals surface area (Å²) < 4.78 is 29.4. The van der Waals surface area contributed by atoms with Crippen LogP contribution in [-0.4, -0.2) is 46.0 Å². The number of imidazole rings is 1. The highest BCUT2D eigenvalue weighted by Gasteiger charge is 2.31. The van der Waals surface area contributed by atoms with Gasteiger partial charge in [-0.05, 0) is 80.3 Å². The average Bonchev–Trinajstić information content (AvgIpc) is 3.68. The number of carbonyl (C=O) groups is 2. The Morgan fingerprint density at radius 2 is 1.85 bits per heavy atom. The molecule has 1 fully saturated rings. The molecule has 52 heavy (non-hydrogen) atoms. The van der Waals surface area contributed by atoms with Crippen molar-refractivity contribution in [3.8, 4) is 22.6 Å². The molecule has 1 saturated carbocycles. The van der Waals surface area contributed by atoms with E-state index in [2.05, 4.69) is 41.7 Å². The van der Waals surface area contributed by atoms with Gasteiger partial charge in [-0.1, -0.05) is 48.4 Å². The van der Waals surface area contributed by atoms with E-state index in [1.165, 1.54) is 7.11 Å². The summed E-state index contributed by atoms with van der Waals surface area (Å²) in [6.07, 6.45) is 4.51. The molecule has 1 aliphatic heterocycles. The summed E-state index contributed by atoms with van der Waals surface area (Å²) in [7, 11) is 3.36. The molecule has 4 aromatic rings. The van der Waals surface area contributed by atoms with Crippen LogP contribution in [0.1, 0.15) is 89.9 Å². The number of hydroxylamine groups is 1. The van der Waals surface area contributed by atoms with E-state index in [-0.39, 0.29) is 52.5 Å². The van der Waals surface area contributed by atoms with E-state index >= 15 is 4.39 Å². The molecule has 0 radical (unpaired) electrons. The number of carbonyl (C=O) groups excluding carboxylic acids is 2. The first-order valence-electron chi connectivity index (χ1n) is 18.0. The van der Waals surface area contributed by atoms with Gasteiger partial charge in [0.25, 0.3) is 5.91 Å². The first-order valence-corrected chi connectivity index (χ1v) is 18.4. The van der Waals surface area contributed by atoms with E-state index in [1.54, 1.807) is 6.07 Å². The van der Waals surface area contributed by atoms with Crippen molar-refractivity contribution in [2.24, 2.45) is 13.0 Å². The van der Waals surface area contributed by atoms with Crippen LogP contribution in [0, 0.1) is 18.7 Å². The molecule has 1 amide bonds. The van der Waals surface area contributed by atoms with Crippen LogP contribution >= 0.6 is 11.6 Å². The van der Waals surface area contributed by atoms with Crippen LogP contribution in [0.5, 0.6) is 11.5 Å². The molecule has 3 aliphatic rings. The second kappa shape index (κ2) is 14.9. The van der Waals surface area contributed by atoms with Gasteiger partial charge in [-0.25, -0.2) is 9.37 Å². The highest BCUT2D eigenvalue weighted by Crippen LogP contribution is 2.44. The number of aromatic nitrogens is 2. The summed E-state index contributed by atoms with van der Waals surface area (Å²) in [5, 5.41) is 2.96. The lowest BCUT2D eigenvalue weighted by atomic mass is 9.86. The predicted molar refractivity (Wildman–Crippen MR) is 197 cm³/mol. The molecule has 12 heteroatoms. The van der Waals surface area contributed by atoms with Crippen LogP contribution in [0.25, 0.3) is 11.1 Å². The molecule has 2 N–H and O–H groups in total. The van der Waals surface area contributed by atoms with Crippen molar-refractivity contribution in [3.63, 3.8) is 0 Å². The van der Waals surface area contributed by atoms with Crippen LogP contribution in [0.3, 0.4) is 0 Å². The Bertz CT molecular complexity index is 2030. The topological polar surface area (TPSA) is 107 Å². The van der Waals surface area contributed by atoms with Crippen LogP contribution < -0.4 is 20.3 Å².